The number of nitrogens with zero attached hydrogens (tertiary/aromatic N) is 2. The lowest BCUT2D eigenvalue weighted by Gasteiger charge is -2.36. The second-order valence-electron chi connectivity index (χ2n) is 3.65. The summed E-state index contributed by atoms with van der Waals surface area (Å²) in [6, 6.07) is 0.387. The predicted molar refractivity (Wildman–Crippen MR) is 61.5 cm³/mol. The number of rotatable bonds is 4. The number of aromatic nitrogens is 1. The SMILES string of the molecule is O=C(c1cscn1)N(CCCl)C1CCC1. The zero-order valence-electron chi connectivity index (χ0n) is 8.36. The fourth-order valence-corrected chi connectivity index (χ4v) is 2.41. The molecular formula is C10H13ClN2OS. The summed E-state index contributed by atoms with van der Waals surface area (Å²) in [5, 5.41) is 1.79. The molecule has 15 heavy (non-hydrogen) atoms. The van der Waals surface area contributed by atoms with Crippen LogP contribution in [0.15, 0.2) is 10.9 Å². The van der Waals surface area contributed by atoms with E-state index in [1.165, 1.54) is 17.8 Å². The molecule has 0 aliphatic heterocycles. The van der Waals surface area contributed by atoms with Crippen LogP contribution in [0, 0.1) is 0 Å². The van der Waals surface area contributed by atoms with Crippen LogP contribution < -0.4 is 0 Å². The number of halogens is 1. The average Bonchev–Trinajstić information content (AvgIpc) is 2.66. The molecule has 0 unspecified atom stereocenters. The van der Waals surface area contributed by atoms with Crippen molar-refractivity contribution in [3.63, 3.8) is 0 Å². The van der Waals surface area contributed by atoms with Crippen molar-refractivity contribution in [3.8, 4) is 0 Å². The molecule has 0 N–H and O–H groups in total. The summed E-state index contributed by atoms with van der Waals surface area (Å²) < 4.78 is 0. The third-order valence-corrected chi connectivity index (χ3v) is 3.51. The highest BCUT2D eigenvalue weighted by Gasteiger charge is 2.29. The van der Waals surface area contributed by atoms with Gasteiger partial charge in [0.1, 0.15) is 5.69 Å². The van der Waals surface area contributed by atoms with E-state index in [0.29, 0.717) is 24.2 Å². The molecule has 1 saturated carbocycles. The molecule has 0 radical (unpaired) electrons. The van der Waals surface area contributed by atoms with Crippen molar-refractivity contribution in [2.24, 2.45) is 0 Å². The lowest BCUT2D eigenvalue weighted by molar-refractivity contribution is 0.0593. The summed E-state index contributed by atoms with van der Waals surface area (Å²) in [7, 11) is 0. The minimum atomic E-state index is 0.0293. The summed E-state index contributed by atoms with van der Waals surface area (Å²) in [5.41, 5.74) is 2.24. The average molecular weight is 245 g/mol. The maximum Gasteiger partial charge on any atom is 0.273 e. The minimum Gasteiger partial charge on any atom is -0.333 e. The number of carbonyl (C=O) groups is 1. The fraction of sp³-hybridized carbons (Fsp3) is 0.600. The third-order valence-electron chi connectivity index (χ3n) is 2.75. The van der Waals surface area contributed by atoms with E-state index < -0.39 is 0 Å². The second kappa shape index (κ2) is 4.94. The number of hydrogen-bond donors (Lipinski definition) is 0. The van der Waals surface area contributed by atoms with Crippen LogP contribution in [0.1, 0.15) is 29.8 Å². The highest BCUT2D eigenvalue weighted by Crippen LogP contribution is 2.26. The molecule has 82 valence electrons. The molecule has 0 atom stereocenters. The quantitative estimate of drug-likeness (QED) is 0.762. The molecule has 1 heterocycles. The van der Waals surface area contributed by atoms with Gasteiger partial charge in [-0.3, -0.25) is 4.79 Å². The van der Waals surface area contributed by atoms with Crippen LogP contribution in [-0.2, 0) is 0 Å². The molecule has 1 fully saturated rings. The first-order chi connectivity index (χ1) is 7.33. The highest BCUT2D eigenvalue weighted by atomic mass is 35.5. The first-order valence-electron chi connectivity index (χ1n) is 5.08. The van der Waals surface area contributed by atoms with Gasteiger partial charge in [-0.1, -0.05) is 0 Å². The molecule has 1 amide bonds. The molecule has 5 heteroatoms. The van der Waals surface area contributed by atoms with Crippen molar-refractivity contribution < 1.29 is 4.79 Å². The van der Waals surface area contributed by atoms with E-state index in [-0.39, 0.29) is 5.91 Å². The van der Waals surface area contributed by atoms with Crippen molar-refractivity contribution in [2.75, 3.05) is 12.4 Å². The maximum absolute atomic E-state index is 12.0. The Balaban J connectivity index is 2.06. The van der Waals surface area contributed by atoms with Crippen molar-refractivity contribution in [3.05, 3.63) is 16.6 Å². The van der Waals surface area contributed by atoms with E-state index in [2.05, 4.69) is 4.98 Å². The van der Waals surface area contributed by atoms with Gasteiger partial charge in [0.25, 0.3) is 5.91 Å². The lowest BCUT2D eigenvalue weighted by Crippen LogP contribution is -2.45. The Morgan fingerprint density at radius 2 is 2.47 bits per heavy atom. The van der Waals surface area contributed by atoms with Crippen LogP contribution in [0.2, 0.25) is 0 Å². The van der Waals surface area contributed by atoms with E-state index in [4.69, 9.17) is 11.6 Å². The molecule has 0 aromatic carbocycles. The van der Waals surface area contributed by atoms with Gasteiger partial charge < -0.3 is 4.90 Å². The van der Waals surface area contributed by atoms with Gasteiger partial charge in [-0.05, 0) is 19.3 Å². The van der Waals surface area contributed by atoms with Gasteiger partial charge >= 0.3 is 0 Å². The number of thiazole rings is 1. The van der Waals surface area contributed by atoms with Gasteiger partial charge in [-0.25, -0.2) is 4.98 Å². The Morgan fingerprint density at radius 3 is 2.93 bits per heavy atom. The number of alkyl halides is 1. The van der Waals surface area contributed by atoms with Crippen LogP contribution in [0.4, 0.5) is 0 Å². The molecule has 1 aliphatic rings. The second-order valence-corrected chi connectivity index (χ2v) is 4.74. The predicted octanol–water partition coefficient (Wildman–Crippen LogP) is 2.38. The Kier molecular flexibility index (Phi) is 3.59. The molecule has 2 rings (SSSR count). The number of hydrogen-bond acceptors (Lipinski definition) is 3. The van der Waals surface area contributed by atoms with Crippen LogP contribution in [-0.4, -0.2) is 34.3 Å². The van der Waals surface area contributed by atoms with Crippen molar-refractivity contribution in [1.82, 2.24) is 9.88 Å². The van der Waals surface area contributed by atoms with Gasteiger partial charge in [0, 0.05) is 23.8 Å². The summed E-state index contributed by atoms with van der Waals surface area (Å²) in [6.45, 7) is 0.628. The third kappa shape index (κ3) is 2.32. The van der Waals surface area contributed by atoms with E-state index in [1.807, 2.05) is 4.90 Å². The van der Waals surface area contributed by atoms with Crippen LogP contribution in [0.5, 0.6) is 0 Å². The Labute approximate surface area is 98.1 Å². The summed E-state index contributed by atoms with van der Waals surface area (Å²) in [6.07, 6.45) is 3.42. The standard InChI is InChI=1S/C10H13ClN2OS/c11-4-5-13(8-2-1-3-8)10(14)9-6-15-7-12-9/h6-8H,1-5H2. The van der Waals surface area contributed by atoms with E-state index >= 15 is 0 Å². The zero-order valence-corrected chi connectivity index (χ0v) is 9.93. The number of amides is 1. The lowest BCUT2D eigenvalue weighted by atomic mass is 9.91. The van der Waals surface area contributed by atoms with Gasteiger partial charge in [-0.15, -0.1) is 22.9 Å². The van der Waals surface area contributed by atoms with Gasteiger partial charge in [0.2, 0.25) is 0 Å². The zero-order chi connectivity index (χ0) is 10.7. The van der Waals surface area contributed by atoms with Crippen molar-refractivity contribution in [2.45, 2.75) is 25.3 Å². The largest absolute Gasteiger partial charge is 0.333 e. The Bertz CT molecular complexity index is 324. The molecule has 0 bridgehead atoms. The molecule has 1 aromatic heterocycles. The van der Waals surface area contributed by atoms with E-state index in [0.717, 1.165) is 12.8 Å². The van der Waals surface area contributed by atoms with Gasteiger partial charge in [0.15, 0.2) is 0 Å². The molecule has 3 nitrogen and oxygen atoms in total. The van der Waals surface area contributed by atoms with Crippen LogP contribution in [0.25, 0.3) is 0 Å². The maximum atomic E-state index is 12.0. The molecule has 1 aliphatic carbocycles. The van der Waals surface area contributed by atoms with E-state index in [9.17, 15) is 4.79 Å². The topological polar surface area (TPSA) is 33.2 Å². The first kappa shape index (κ1) is 10.9. The molecule has 0 saturated heterocycles. The smallest absolute Gasteiger partial charge is 0.273 e. The van der Waals surface area contributed by atoms with Crippen LogP contribution >= 0.6 is 22.9 Å². The number of carbonyl (C=O) groups excluding carboxylic acids is 1. The monoisotopic (exact) mass is 244 g/mol. The van der Waals surface area contributed by atoms with Gasteiger partial charge in [-0.2, -0.15) is 0 Å². The molecular weight excluding hydrogens is 232 g/mol. The van der Waals surface area contributed by atoms with Crippen LogP contribution in [0.3, 0.4) is 0 Å². The summed E-state index contributed by atoms with van der Waals surface area (Å²) in [4.78, 5) is 18.0. The molecule has 1 aromatic rings. The normalized spacial score (nSPS) is 16.1. The summed E-state index contributed by atoms with van der Waals surface area (Å²) in [5.74, 6) is 0.522. The Morgan fingerprint density at radius 1 is 1.67 bits per heavy atom. The Hall–Kier alpha value is -0.610. The van der Waals surface area contributed by atoms with Gasteiger partial charge in [0.05, 0.1) is 5.51 Å². The minimum absolute atomic E-state index is 0.0293. The fourth-order valence-electron chi connectivity index (χ4n) is 1.70. The first-order valence-corrected chi connectivity index (χ1v) is 6.56. The summed E-state index contributed by atoms with van der Waals surface area (Å²) >= 11 is 7.16. The van der Waals surface area contributed by atoms with Crippen molar-refractivity contribution in [1.29, 1.82) is 0 Å². The van der Waals surface area contributed by atoms with Crippen molar-refractivity contribution >= 4 is 28.8 Å². The molecule has 0 spiro atoms. The highest BCUT2D eigenvalue weighted by molar-refractivity contribution is 7.07. The van der Waals surface area contributed by atoms with E-state index in [1.54, 1.807) is 10.9 Å².